The van der Waals surface area contributed by atoms with Crippen LogP contribution >= 0.6 is 11.8 Å². The molecule has 1 atom stereocenters. The topological polar surface area (TPSA) is 111 Å². The van der Waals surface area contributed by atoms with E-state index in [1.54, 1.807) is 37.3 Å². The molecular weight excluding hydrogens is 474 g/mol. The molecular formula is C24H23N3O5S2. The van der Waals surface area contributed by atoms with Gasteiger partial charge in [-0.25, -0.2) is 13.4 Å². The first-order chi connectivity index (χ1) is 16.3. The van der Waals surface area contributed by atoms with Crippen LogP contribution in [-0.2, 0) is 14.8 Å². The normalized spacial score (nSPS) is 12.3. The van der Waals surface area contributed by atoms with E-state index in [1.165, 1.54) is 19.2 Å². The van der Waals surface area contributed by atoms with Crippen LogP contribution in [0.1, 0.15) is 12.5 Å². The van der Waals surface area contributed by atoms with Crippen molar-refractivity contribution in [3.8, 4) is 5.75 Å². The molecule has 0 aliphatic rings. The van der Waals surface area contributed by atoms with Crippen LogP contribution in [0.15, 0.2) is 81.3 Å². The minimum Gasteiger partial charge on any atom is -0.495 e. The fourth-order valence-corrected chi connectivity index (χ4v) is 5.04. The third-order valence-corrected chi connectivity index (χ3v) is 7.36. The Labute approximate surface area is 201 Å². The largest absolute Gasteiger partial charge is 0.495 e. The summed E-state index contributed by atoms with van der Waals surface area (Å²) in [6, 6.07) is 18.7. The van der Waals surface area contributed by atoms with Gasteiger partial charge in [0.25, 0.3) is 15.2 Å². The second-order valence-corrected chi connectivity index (χ2v) is 10.5. The van der Waals surface area contributed by atoms with E-state index in [2.05, 4.69) is 15.0 Å². The van der Waals surface area contributed by atoms with Crippen molar-refractivity contribution in [2.24, 2.45) is 0 Å². The summed E-state index contributed by atoms with van der Waals surface area (Å²) in [5, 5.41) is 2.69. The van der Waals surface area contributed by atoms with Crippen LogP contribution in [0, 0.1) is 6.92 Å². The number of thioether (sulfide) groups is 1. The lowest BCUT2D eigenvalue weighted by Gasteiger charge is -2.11. The SMILES string of the molecule is COc1ccccc1NS(=O)(=O)c1ccc2oc(S[C@@H](C)C(=O)Nc3ccccc3C)nc2c1. The summed E-state index contributed by atoms with van der Waals surface area (Å²) in [7, 11) is -2.42. The molecule has 1 aromatic heterocycles. The molecule has 0 aliphatic heterocycles. The second kappa shape index (κ2) is 9.78. The van der Waals surface area contributed by atoms with E-state index in [0.29, 0.717) is 22.5 Å². The zero-order valence-electron chi connectivity index (χ0n) is 18.7. The van der Waals surface area contributed by atoms with Crippen molar-refractivity contribution in [3.63, 3.8) is 0 Å². The Balaban J connectivity index is 1.50. The van der Waals surface area contributed by atoms with Gasteiger partial charge in [-0.05, 0) is 55.8 Å². The highest BCUT2D eigenvalue weighted by Crippen LogP contribution is 2.30. The number of hydrogen-bond donors (Lipinski definition) is 2. The number of hydrogen-bond acceptors (Lipinski definition) is 7. The minimum absolute atomic E-state index is 0.0288. The number of nitrogens with zero attached hydrogens (tertiary/aromatic N) is 1. The highest BCUT2D eigenvalue weighted by atomic mass is 32.2. The third-order valence-electron chi connectivity index (χ3n) is 5.05. The van der Waals surface area contributed by atoms with Crippen molar-refractivity contribution in [1.29, 1.82) is 0 Å². The molecule has 0 aliphatic carbocycles. The molecule has 34 heavy (non-hydrogen) atoms. The van der Waals surface area contributed by atoms with Gasteiger partial charge in [-0.2, -0.15) is 0 Å². The van der Waals surface area contributed by atoms with Gasteiger partial charge in [0.15, 0.2) is 5.58 Å². The minimum atomic E-state index is -3.89. The zero-order chi connectivity index (χ0) is 24.3. The summed E-state index contributed by atoms with van der Waals surface area (Å²) in [6.07, 6.45) is 0. The molecule has 0 radical (unpaired) electrons. The molecule has 1 amide bonds. The number of oxazole rings is 1. The number of sulfonamides is 1. The summed E-state index contributed by atoms with van der Waals surface area (Å²) in [5.41, 5.74) is 2.83. The average Bonchev–Trinajstić information content (AvgIpc) is 3.22. The van der Waals surface area contributed by atoms with E-state index >= 15 is 0 Å². The fraction of sp³-hybridized carbons (Fsp3) is 0.167. The fourth-order valence-electron chi connectivity index (χ4n) is 3.19. The molecule has 3 aromatic carbocycles. The van der Waals surface area contributed by atoms with Crippen molar-refractivity contribution in [2.75, 3.05) is 17.1 Å². The number of methoxy groups -OCH3 is 1. The molecule has 0 bridgehead atoms. The van der Waals surface area contributed by atoms with Crippen LogP contribution in [0.2, 0.25) is 0 Å². The number of aromatic nitrogens is 1. The molecule has 2 N–H and O–H groups in total. The lowest BCUT2D eigenvalue weighted by Crippen LogP contribution is -2.22. The summed E-state index contributed by atoms with van der Waals surface area (Å²) in [4.78, 5) is 17.0. The van der Waals surface area contributed by atoms with E-state index in [0.717, 1.165) is 23.0 Å². The number of nitrogens with one attached hydrogen (secondary N) is 2. The number of carbonyl (C=O) groups excluding carboxylic acids is 1. The number of anilines is 2. The Morgan fingerprint density at radius 1 is 1.06 bits per heavy atom. The van der Waals surface area contributed by atoms with E-state index in [4.69, 9.17) is 9.15 Å². The maximum Gasteiger partial charge on any atom is 0.262 e. The number of rotatable bonds is 8. The molecule has 0 spiro atoms. The molecule has 1 heterocycles. The third kappa shape index (κ3) is 5.18. The van der Waals surface area contributed by atoms with Crippen molar-refractivity contribution >= 4 is 50.2 Å². The van der Waals surface area contributed by atoms with E-state index < -0.39 is 15.3 Å². The lowest BCUT2D eigenvalue weighted by molar-refractivity contribution is -0.115. The van der Waals surface area contributed by atoms with Crippen LogP contribution in [0.4, 0.5) is 11.4 Å². The Morgan fingerprint density at radius 2 is 1.76 bits per heavy atom. The van der Waals surface area contributed by atoms with Crippen molar-refractivity contribution in [3.05, 3.63) is 72.3 Å². The zero-order valence-corrected chi connectivity index (χ0v) is 20.4. The summed E-state index contributed by atoms with van der Waals surface area (Å²) in [6.45, 7) is 3.67. The Kier molecular flexibility index (Phi) is 6.80. The Bertz CT molecular complexity index is 1450. The number of aryl methyl sites for hydroxylation is 1. The number of benzene rings is 3. The van der Waals surface area contributed by atoms with Gasteiger partial charge in [-0.1, -0.05) is 42.1 Å². The first kappa shape index (κ1) is 23.7. The Hall–Kier alpha value is -3.50. The maximum atomic E-state index is 12.9. The van der Waals surface area contributed by atoms with E-state index in [1.807, 2.05) is 31.2 Å². The average molecular weight is 498 g/mol. The molecule has 8 nitrogen and oxygen atoms in total. The number of carbonyl (C=O) groups is 1. The highest BCUT2D eigenvalue weighted by molar-refractivity contribution is 8.00. The molecule has 4 aromatic rings. The number of para-hydroxylation sites is 3. The highest BCUT2D eigenvalue weighted by Gasteiger charge is 2.21. The molecule has 176 valence electrons. The standard InChI is InChI=1S/C24H23N3O5S2/c1-15-8-4-5-9-18(15)25-23(28)16(2)33-24-26-20-14-17(12-13-22(20)32-24)34(29,30)27-19-10-6-7-11-21(19)31-3/h4-14,16,27H,1-3H3,(H,25,28)/t16-/m0/s1. The van der Waals surface area contributed by atoms with Gasteiger partial charge in [0.05, 0.1) is 22.9 Å². The molecule has 0 unspecified atom stereocenters. The van der Waals surface area contributed by atoms with Crippen LogP contribution in [0.5, 0.6) is 5.75 Å². The van der Waals surface area contributed by atoms with Crippen LogP contribution in [0.25, 0.3) is 11.1 Å². The number of fused-ring (bicyclic) bond motifs is 1. The van der Waals surface area contributed by atoms with Gasteiger partial charge in [0.2, 0.25) is 5.91 Å². The van der Waals surface area contributed by atoms with Gasteiger partial charge in [-0.15, -0.1) is 0 Å². The number of amides is 1. The van der Waals surface area contributed by atoms with Gasteiger partial charge in [0, 0.05) is 5.69 Å². The molecule has 0 fully saturated rings. The Morgan fingerprint density at radius 3 is 2.50 bits per heavy atom. The van der Waals surface area contributed by atoms with Gasteiger partial charge in [-0.3, -0.25) is 9.52 Å². The van der Waals surface area contributed by atoms with Crippen molar-refractivity contribution < 1.29 is 22.4 Å². The summed E-state index contributed by atoms with van der Waals surface area (Å²) in [5.74, 6) is 0.219. The molecule has 4 rings (SSSR count). The predicted octanol–water partition coefficient (Wildman–Crippen LogP) is 5.06. The first-order valence-corrected chi connectivity index (χ1v) is 12.7. The monoisotopic (exact) mass is 497 g/mol. The molecule has 10 heteroatoms. The predicted molar refractivity (Wildman–Crippen MR) is 133 cm³/mol. The molecule has 0 saturated heterocycles. The van der Waals surface area contributed by atoms with E-state index in [-0.39, 0.29) is 16.0 Å². The van der Waals surface area contributed by atoms with Crippen molar-refractivity contribution in [2.45, 2.75) is 29.2 Å². The molecule has 0 saturated carbocycles. The van der Waals surface area contributed by atoms with Crippen LogP contribution < -0.4 is 14.8 Å². The van der Waals surface area contributed by atoms with E-state index in [9.17, 15) is 13.2 Å². The van der Waals surface area contributed by atoms with Crippen LogP contribution in [-0.4, -0.2) is 31.7 Å². The lowest BCUT2D eigenvalue weighted by atomic mass is 10.2. The quantitative estimate of drug-likeness (QED) is 0.327. The second-order valence-electron chi connectivity index (χ2n) is 7.48. The number of ether oxygens (including phenoxy) is 1. The van der Waals surface area contributed by atoms with Crippen LogP contribution in [0.3, 0.4) is 0 Å². The van der Waals surface area contributed by atoms with Gasteiger partial charge < -0.3 is 14.5 Å². The maximum absolute atomic E-state index is 12.9. The van der Waals surface area contributed by atoms with Gasteiger partial charge in [0.1, 0.15) is 11.3 Å². The smallest absolute Gasteiger partial charge is 0.262 e. The van der Waals surface area contributed by atoms with Crippen molar-refractivity contribution in [1.82, 2.24) is 4.98 Å². The first-order valence-electron chi connectivity index (χ1n) is 10.4. The van der Waals surface area contributed by atoms with Gasteiger partial charge >= 0.3 is 0 Å². The summed E-state index contributed by atoms with van der Waals surface area (Å²) < 4.78 is 39.3. The summed E-state index contributed by atoms with van der Waals surface area (Å²) >= 11 is 1.15.